The number of nitrogens with one attached hydrogen (secondary N) is 1. The maximum absolute atomic E-state index is 12.7. The van der Waals surface area contributed by atoms with Gasteiger partial charge >= 0.3 is 5.97 Å². The first-order valence-corrected chi connectivity index (χ1v) is 12.1. The molecule has 0 atom stereocenters. The Balaban J connectivity index is 1.43. The lowest BCUT2D eigenvalue weighted by molar-refractivity contribution is -0.112. The molecule has 180 valence electrons. The smallest absolute Gasteiger partial charge is 0.338 e. The topological polar surface area (TPSA) is 105 Å². The highest BCUT2D eigenvalue weighted by Crippen LogP contribution is 2.26. The van der Waals surface area contributed by atoms with Gasteiger partial charge in [0.1, 0.15) is 23.2 Å². The van der Waals surface area contributed by atoms with Crippen molar-refractivity contribution in [3.05, 3.63) is 99.2 Å². The van der Waals surface area contributed by atoms with Crippen molar-refractivity contribution in [2.45, 2.75) is 13.3 Å². The molecule has 0 aliphatic heterocycles. The first-order chi connectivity index (χ1) is 17.5. The van der Waals surface area contributed by atoms with Crippen molar-refractivity contribution < 1.29 is 18.7 Å². The maximum Gasteiger partial charge on any atom is 0.338 e. The number of thiazole rings is 1. The third-order valence-electron chi connectivity index (χ3n) is 5.06. The van der Waals surface area contributed by atoms with E-state index in [4.69, 9.17) is 20.8 Å². The van der Waals surface area contributed by atoms with Crippen molar-refractivity contribution in [1.82, 2.24) is 4.98 Å². The lowest BCUT2D eigenvalue weighted by Crippen LogP contribution is -2.13. The number of benzene rings is 2. The number of nitrogens with zero attached hydrogens (tertiary/aromatic N) is 2. The SMILES string of the molecule is CCOC(=O)c1ccc(-c2ccc(C=C(C#N)C(=O)Nc3ncc(Cc4ccccc4Cl)s3)o2)cc1. The summed E-state index contributed by atoms with van der Waals surface area (Å²) in [7, 11) is 0. The van der Waals surface area contributed by atoms with Gasteiger partial charge in [0.25, 0.3) is 5.91 Å². The molecule has 0 aliphatic rings. The fraction of sp³-hybridized carbons (Fsp3) is 0.111. The van der Waals surface area contributed by atoms with E-state index in [1.165, 1.54) is 17.4 Å². The van der Waals surface area contributed by atoms with E-state index in [1.54, 1.807) is 49.5 Å². The monoisotopic (exact) mass is 517 g/mol. The van der Waals surface area contributed by atoms with Crippen LogP contribution in [-0.2, 0) is 16.0 Å². The van der Waals surface area contributed by atoms with Gasteiger partial charge in [-0.1, -0.05) is 41.9 Å². The minimum atomic E-state index is -0.590. The number of carbonyl (C=O) groups is 2. The van der Waals surface area contributed by atoms with Crippen LogP contribution in [0.3, 0.4) is 0 Å². The van der Waals surface area contributed by atoms with Gasteiger partial charge in [0, 0.05) is 34.2 Å². The molecule has 0 fully saturated rings. The zero-order valence-corrected chi connectivity index (χ0v) is 20.7. The van der Waals surface area contributed by atoms with E-state index in [0.717, 1.165) is 16.0 Å². The zero-order valence-electron chi connectivity index (χ0n) is 19.2. The summed E-state index contributed by atoms with van der Waals surface area (Å²) >= 11 is 7.53. The second kappa shape index (κ2) is 11.5. The van der Waals surface area contributed by atoms with Crippen LogP contribution < -0.4 is 5.32 Å². The average Bonchev–Trinajstić information content (AvgIpc) is 3.53. The lowest BCUT2D eigenvalue weighted by Gasteiger charge is -2.02. The molecule has 0 saturated carbocycles. The van der Waals surface area contributed by atoms with E-state index >= 15 is 0 Å². The van der Waals surface area contributed by atoms with Crippen LogP contribution >= 0.6 is 22.9 Å². The molecule has 9 heteroatoms. The number of furan rings is 1. The van der Waals surface area contributed by atoms with E-state index in [0.29, 0.717) is 40.3 Å². The molecule has 0 spiro atoms. The van der Waals surface area contributed by atoms with Crippen LogP contribution in [0.2, 0.25) is 5.02 Å². The Labute approximate surface area is 216 Å². The van der Waals surface area contributed by atoms with Gasteiger partial charge in [-0.15, -0.1) is 11.3 Å². The number of aromatic nitrogens is 1. The summed E-state index contributed by atoms with van der Waals surface area (Å²) in [4.78, 5) is 29.6. The number of nitriles is 1. The standard InChI is InChI=1S/C27H20ClN3O4S/c1-2-34-26(33)18-9-7-17(8-10-18)24-12-11-21(35-24)13-20(15-29)25(32)31-27-30-16-22(36-27)14-19-5-3-4-6-23(19)28/h3-13,16H,2,14H2,1H3,(H,30,31,32). The Bertz CT molecular complexity index is 1460. The summed E-state index contributed by atoms with van der Waals surface area (Å²) in [5, 5.41) is 13.2. The summed E-state index contributed by atoms with van der Waals surface area (Å²) in [5.74, 6) is -0.121. The van der Waals surface area contributed by atoms with Crippen LogP contribution in [0.5, 0.6) is 0 Å². The first kappa shape index (κ1) is 24.9. The Morgan fingerprint density at radius 3 is 2.67 bits per heavy atom. The van der Waals surface area contributed by atoms with Gasteiger partial charge in [-0.2, -0.15) is 5.26 Å². The zero-order chi connectivity index (χ0) is 25.5. The van der Waals surface area contributed by atoms with E-state index in [9.17, 15) is 14.9 Å². The number of hydrogen-bond acceptors (Lipinski definition) is 7. The largest absolute Gasteiger partial charge is 0.462 e. The van der Waals surface area contributed by atoms with Gasteiger partial charge in [-0.3, -0.25) is 10.1 Å². The highest BCUT2D eigenvalue weighted by atomic mass is 35.5. The van der Waals surface area contributed by atoms with Crippen LogP contribution in [0.4, 0.5) is 5.13 Å². The molecule has 0 bridgehead atoms. The molecular weight excluding hydrogens is 498 g/mol. The summed E-state index contributed by atoms with van der Waals surface area (Å²) in [6, 6.07) is 19.6. The van der Waals surface area contributed by atoms with E-state index in [-0.39, 0.29) is 5.57 Å². The third-order valence-corrected chi connectivity index (χ3v) is 6.34. The molecule has 4 aromatic rings. The van der Waals surface area contributed by atoms with Crippen LogP contribution in [0.25, 0.3) is 17.4 Å². The van der Waals surface area contributed by atoms with E-state index in [2.05, 4.69) is 10.3 Å². The quantitative estimate of drug-likeness (QED) is 0.165. The maximum atomic E-state index is 12.7. The number of ether oxygens (including phenoxy) is 1. The van der Waals surface area contributed by atoms with Gasteiger partial charge in [0.15, 0.2) is 5.13 Å². The predicted molar refractivity (Wildman–Crippen MR) is 139 cm³/mol. The summed E-state index contributed by atoms with van der Waals surface area (Å²) in [6.45, 7) is 2.05. The predicted octanol–water partition coefficient (Wildman–Crippen LogP) is 6.37. The number of halogens is 1. The number of carbonyl (C=O) groups excluding carboxylic acids is 2. The second-order valence-electron chi connectivity index (χ2n) is 7.52. The molecule has 0 radical (unpaired) electrons. The summed E-state index contributed by atoms with van der Waals surface area (Å²) < 4.78 is 10.8. The Morgan fingerprint density at radius 2 is 1.94 bits per heavy atom. The number of esters is 1. The number of amides is 1. The van der Waals surface area contributed by atoms with Gasteiger partial charge in [0.2, 0.25) is 0 Å². The molecule has 7 nitrogen and oxygen atoms in total. The highest BCUT2D eigenvalue weighted by Gasteiger charge is 2.14. The molecule has 2 aromatic heterocycles. The van der Waals surface area contributed by atoms with Crippen molar-refractivity contribution in [1.29, 1.82) is 5.26 Å². The van der Waals surface area contributed by atoms with E-state index < -0.39 is 11.9 Å². The molecule has 1 N–H and O–H groups in total. The fourth-order valence-corrected chi connectivity index (χ4v) is 4.34. The number of hydrogen-bond donors (Lipinski definition) is 1. The van der Waals surface area contributed by atoms with E-state index in [1.807, 2.05) is 30.3 Å². The molecule has 0 aliphatic carbocycles. The first-order valence-electron chi connectivity index (χ1n) is 11.0. The molecule has 0 unspecified atom stereocenters. The van der Waals surface area contributed by atoms with Gasteiger partial charge in [-0.05, 0) is 42.8 Å². The van der Waals surface area contributed by atoms with Crippen LogP contribution in [0.15, 0.2) is 76.9 Å². The Kier molecular flexibility index (Phi) is 7.95. The highest BCUT2D eigenvalue weighted by molar-refractivity contribution is 7.15. The molecule has 2 aromatic carbocycles. The molecule has 4 rings (SSSR count). The summed E-state index contributed by atoms with van der Waals surface area (Å²) in [6.07, 6.45) is 3.62. The number of rotatable bonds is 8. The fourth-order valence-electron chi connectivity index (χ4n) is 3.30. The van der Waals surface area contributed by atoms with Gasteiger partial charge < -0.3 is 9.15 Å². The number of anilines is 1. The van der Waals surface area contributed by atoms with Crippen molar-refractivity contribution >= 4 is 46.0 Å². The van der Waals surface area contributed by atoms with Gasteiger partial charge in [0.05, 0.1) is 12.2 Å². The molecule has 36 heavy (non-hydrogen) atoms. The van der Waals surface area contributed by atoms with Crippen molar-refractivity contribution in [2.75, 3.05) is 11.9 Å². The molecule has 0 saturated heterocycles. The molecule has 1 amide bonds. The Hall–Kier alpha value is -4.19. The van der Waals surface area contributed by atoms with Crippen molar-refractivity contribution in [2.24, 2.45) is 0 Å². The minimum absolute atomic E-state index is 0.128. The van der Waals surface area contributed by atoms with Crippen molar-refractivity contribution in [3.8, 4) is 17.4 Å². The van der Waals surface area contributed by atoms with Crippen LogP contribution in [0, 0.1) is 11.3 Å². The van der Waals surface area contributed by atoms with Crippen LogP contribution in [-0.4, -0.2) is 23.5 Å². The van der Waals surface area contributed by atoms with Crippen LogP contribution in [0.1, 0.15) is 33.5 Å². The average molecular weight is 518 g/mol. The lowest BCUT2D eigenvalue weighted by atomic mass is 10.1. The third kappa shape index (κ3) is 6.08. The second-order valence-corrected chi connectivity index (χ2v) is 9.05. The minimum Gasteiger partial charge on any atom is -0.462 e. The summed E-state index contributed by atoms with van der Waals surface area (Å²) in [5.41, 5.74) is 2.01. The molecule has 2 heterocycles. The van der Waals surface area contributed by atoms with Crippen molar-refractivity contribution in [3.63, 3.8) is 0 Å². The van der Waals surface area contributed by atoms with Gasteiger partial charge in [-0.25, -0.2) is 9.78 Å². The normalized spacial score (nSPS) is 11.1. The Morgan fingerprint density at radius 1 is 1.17 bits per heavy atom. The molecular formula is C27H20ClN3O4S.